The summed E-state index contributed by atoms with van der Waals surface area (Å²) in [6, 6.07) is 0. The molecule has 0 amide bonds. The minimum Gasteiger partial charge on any atom is -0.747 e. The van der Waals surface area contributed by atoms with Crippen molar-refractivity contribution < 1.29 is 32.5 Å². The van der Waals surface area contributed by atoms with Crippen molar-refractivity contribution >= 4 is 15.8 Å². The van der Waals surface area contributed by atoms with Crippen LogP contribution in [-0.2, 0) is 14.9 Å². The second kappa shape index (κ2) is 5.33. The SMILES string of the molecule is COC1=C([N+](=O)[O-])[C@H](S(=O)(=O)[O-])C([N+](=O)[O-])=CC1=[N+]([O-])[O-]. The Balaban J connectivity index is 3.87. The van der Waals surface area contributed by atoms with Gasteiger partial charge in [0, 0.05) is 0 Å². The summed E-state index contributed by atoms with van der Waals surface area (Å²) in [4.78, 5) is 17.6. The summed E-state index contributed by atoms with van der Waals surface area (Å²) in [5.74, 6) is -1.14. The second-order valence-electron chi connectivity index (χ2n) is 3.52. The third-order valence-electron chi connectivity index (χ3n) is 2.36. The third kappa shape index (κ3) is 2.90. The molecular formula is C7H5N3O10S-2. The maximum absolute atomic E-state index is 11.1. The van der Waals surface area contributed by atoms with Gasteiger partial charge >= 0.3 is 5.70 Å². The highest BCUT2D eigenvalue weighted by molar-refractivity contribution is 7.86. The number of nitrogens with zero attached hydrogens (tertiary/aromatic N) is 3. The second-order valence-corrected chi connectivity index (χ2v) is 4.97. The average molecular weight is 323 g/mol. The van der Waals surface area contributed by atoms with Gasteiger partial charge in [0.25, 0.3) is 17.2 Å². The van der Waals surface area contributed by atoms with E-state index in [1.54, 1.807) is 0 Å². The van der Waals surface area contributed by atoms with Crippen molar-refractivity contribution in [1.29, 1.82) is 0 Å². The summed E-state index contributed by atoms with van der Waals surface area (Å²) in [6.45, 7) is 0. The minimum absolute atomic E-state index is 0.145. The smallest absolute Gasteiger partial charge is 0.322 e. The first kappa shape index (κ1) is 16.3. The highest BCUT2D eigenvalue weighted by Crippen LogP contribution is 2.29. The summed E-state index contributed by atoms with van der Waals surface area (Å²) in [5, 5.41) is 40.3. The summed E-state index contributed by atoms with van der Waals surface area (Å²) >= 11 is 0. The van der Waals surface area contributed by atoms with Gasteiger partial charge in [0.2, 0.25) is 5.25 Å². The number of hydrogen-bond donors (Lipinski definition) is 0. The molecule has 116 valence electrons. The van der Waals surface area contributed by atoms with Gasteiger partial charge in [0.05, 0.1) is 23.0 Å². The molecule has 1 aliphatic carbocycles. The molecule has 0 fully saturated rings. The summed E-state index contributed by atoms with van der Waals surface area (Å²) in [6.07, 6.45) is 0.145. The van der Waals surface area contributed by atoms with Crippen LogP contribution in [0.5, 0.6) is 0 Å². The molecule has 0 radical (unpaired) electrons. The van der Waals surface area contributed by atoms with Crippen LogP contribution in [0.1, 0.15) is 0 Å². The molecule has 0 saturated carbocycles. The van der Waals surface area contributed by atoms with Gasteiger partial charge in [-0.1, -0.05) is 0 Å². The summed E-state index contributed by atoms with van der Waals surface area (Å²) in [5.41, 5.74) is -4.27. The number of methoxy groups -OCH3 is 1. The molecular weight excluding hydrogens is 318 g/mol. The molecule has 13 nitrogen and oxygen atoms in total. The Hall–Kier alpha value is -2.74. The normalized spacial score (nSPS) is 19.0. The first-order chi connectivity index (χ1) is 9.52. The molecule has 0 aliphatic heterocycles. The molecule has 0 aromatic carbocycles. The minimum atomic E-state index is -5.58. The zero-order chi connectivity index (χ0) is 16.5. The maximum atomic E-state index is 11.1. The van der Waals surface area contributed by atoms with Gasteiger partial charge in [-0.25, -0.2) is 8.42 Å². The van der Waals surface area contributed by atoms with E-state index in [-0.39, 0.29) is 6.08 Å². The Morgan fingerprint density at radius 3 is 1.95 bits per heavy atom. The van der Waals surface area contributed by atoms with Crippen LogP contribution < -0.4 is 0 Å². The number of ether oxygens (including phenoxy) is 1. The van der Waals surface area contributed by atoms with E-state index < -0.39 is 53.0 Å². The van der Waals surface area contributed by atoms with Crippen LogP contribution in [0.25, 0.3) is 0 Å². The van der Waals surface area contributed by atoms with Crippen LogP contribution in [0, 0.1) is 30.6 Å². The molecule has 1 aliphatic rings. The van der Waals surface area contributed by atoms with E-state index in [0.717, 1.165) is 7.11 Å². The summed E-state index contributed by atoms with van der Waals surface area (Å²) < 4.78 is 37.6. The van der Waals surface area contributed by atoms with E-state index in [0.29, 0.717) is 0 Å². The quantitative estimate of drug-likeness (QED) is 0.257. The van der Waals surface area contributed by atoms with Gasteiger partial charge in [-0.05, 0) is 0 Å². The van der Waals surface area contributed by atoms with Crippen LogP contribution in [0.3, 0.4) is 0 Å². The maximum Gasteiger partial charge on any atom is 0.322 e. The fourth-order valence-corrected chi connectivity index (χ4v) is 2.54. The molecule has 0 aromatic heterocycles. The predicted octanol–water partition coefficient (Wildman–Crippen LogP) is -1.34. The average Bonchev–Trinajstić information content (AvgIpc) is 2.34. The van der Waals surface area contributed by atoms with E-state index in [4.69, 9.17) is 0 Å². The van der Waals surface area contributed by atoms with E-state index in [1.165, 1.54) is 0 Å². The monoisotopic (exact) mass is 323 g/mol. The van der Waals surface area contributed by atoms with Crippen molar-refractivity contribution in [3.05, 3.63) is 53.9 Å². The van der Waals surface area contributed by atoms with Gasteiger partial charge in [-0.2, -0.15) is 4.90 Å². The Kier molecular flexibility index (Phi) is 4.14. The van der Waals surface area contributed by atoms with Crippen LogP contribution in [0.2, 0.25) is 0 Å². The largest absolute Gasteiger partial charge is 0.747 e. The van der Waals surface area contributed by atoms with Crippen molar-refractivity contribution in [3.8, 4) is 0 Å². The molecule has 0 bridgehead atoms. The van der Waals surface area contributed by atoms with E-state index in [2.05, 4.69) is 4.74 Å². The molecule has 0 saturated heterocycles. The van der Waals surface area contributed by atoms with Crippen molar-refractivity contribution in [2.24, 2.45) is 0 Å². The molecule has 0 aromatic rings. The van der Waals surface area contributed by atoms with E-state index in [9.17, 15) is 43.6 Å². The number of allylic oxidation sites excluding steroid dienone is 1. The molecule has 1 rings (SSSR count). The lowest BCUT2D eigenvalue weighted by atomic mass is 10.0. The van der Waals surface area contributed by atoms with Gasteiger partial charge in [-0.15, -0.1) is 0 Å². The lowest BCUT2D eigenvalue weighted by Gasteiger charge is -2.21. The molecule has 1 atom stereocenters. The zero-order valence-corrected chi connectivity index (χ0v) is 10.8. The van der Waals surface area contributed by atoms with Crippen LogP contribution in [-0.4, -0.2) is 45.8 Å². The predicted molar refractivity (Wildman–Crippen MR) is 61.6 cm³/mol. The van der Waals surface area contributed by atoms with Crippen molar-refractivity contribution in [2.75, 3.05) is 7.11 Å². The van der Waals surface area contributed by atoms with Crippen molar-refractivity contribution in [2.45, 2.75) is 5.25 Å². The Morgan fingerprint density at radius 2 is 1.67 bits per heavy atom. The number of hydrogen-bond acceptors (Lipinski definition) is 10. The van der Waals surface area contributed by atoms with Gasteiger partial charge in [0.15, 0.2) is 0 Å². The standard InChI is InChI=1S/C7H6N3O10S/c1-20-6-3(8(11)12)2-4(9(13)14)7(21(17,18)19)5(6)10(15)16/h2,7H,1H3,(H-,11,12,17,18,19)/q-1/p-1/t7-/m1/s1. The molecule has 0 unspecified atom stereocenters. The Morgan fingerprint density at radius 1 is 1.14 bits per heavy atom. The van der Waals surface area contributed by atoms with Crippen molar-refractivity contribution in [1.82, 2.24) is 0 Å². The van der Waals surface area contributed by atoms with Crippen LogP contribution in [0.15, 0.2) is 23.2 Å². The van der Waals surface area contributed by atoms with Gasteiger partial charge in [-0.3, -0.25) is 20.2 Å². The van der Waals surface area contributed by atoms with Crippen LogP contribution in [0.4, 0.5) is 0 Å². The molecule has 0 heterocycles. The van der Waals surface area contributed by atoms with Crippen LogP contribution >= 0.6 is 0 Å². The lowest BCUT2D eigenvalue weighted by Crippen LogP contribution is -2.38. The molecule has 21 heavy (non-hydrogen) atoms. The molecule has 14 heteroatoms. The zero-order valence-electron chi connectivity index (χ0n) is 9.99. The topological polar surface area (TPSA) is 202 Å². The van der Waals surface area contributed by atoms with E-state index >= 15 is 0 Å². The Bertz CT molecular complexity index is 698. The molecule has 0 spiro atoms. The van der Waals surface area contributed by atoms with E-state index in [1.807, 2.05) is 0 Å². The number of nitro groups is 2. The third-order valence-corrected chi connectivity index (χ3v) is 3.41. The Labute approximate surface area is 115 Å². The first-order valence-corrected chi connectivity index (χ1v) is 6.24. The fraction of sp³-hybridized carbons (Fsp3) is 0.286. The van der Waals surface area contributed by atoms with Gasteiger partial charge < -0.3 is 19.7 Å². The number of rotatable bonds is 4. The molecule has 0 N–H and O–H groups in total. The summed E-state index contributed by atoms with van der Waals surface area (Å²) in [7, 11) is -4.83. The highest BCUT2D eigenvalue weighted by atomic mass is 32.2. The highest BCUT2D eigenvalue weighted by Gasteiger charge is 2.51. The first-order valence-electron chi connectivity index (χ1n) is 4.77. The fourth-order valence-electron chi connectivity index (χ4n) is 1.63. The van der Waals surface area contributed by atoms with Crippen molar-refractivity contribution in [3.63, 3.8) is 0 Å². The lowest BCUT2D eigenvalue weighted by molar-refractivity contribution is -0.452. The van der Waals surface area contributed by atoms with Gasteiger partial charge in [0.1, 0.15) is 10.1 Å².